The highest BCUT2D eigenvalue weighted by molar-refractivity contribution is 7.48. The summed E-state index contributed by atoms with van der Waals surface area (Å²) in [6, 6.07) is 0. The smallest absolute Gasteiger partial charge is 0.309 e. The fraction of sp³-hybridized carbons (Fsp3) is 1.00. The van der Waals surface area contributed by atoms with Crippen LogP contribution in [0.2, 0.25) is 0 Å². The zero-order chi connectivity index (χ0) is 12.6. The summed E-state index contributed by atoms with van der Waals surface area (Å²) in [6.45, 7) is 6.94. The van der Waals surface area contributed by atoms with Crippen molar-refractivity contribution in [2.75, 3.05) is 33.9 Å². The average molecular weight is 253 g/mol. The Morgan fingerprint density at radius 3 is 2.31 bits per heavy atom. The predicted molar refractivity (Wildman–Crippen MR) is 64.6 cm³/mol. The summed E-state index contributed by atoms with van der Waals surface area (Å²) in [5.74, 6) is 0. The number of rotatable bonds is 9. The molecule has 0 aliphatic heterocycles. The third-order valence-corrected chi connectivity index (χ3v) is 3.38. The molecule has 0 fully saturated rings. The molecule has 0 rings (SSSR count). The van der Waals surface area contributed by atoms with Crippen molar-refractivity contribution in [2.45, 2.75) is 33.3 Å². The van der Waals surface area contributed by atoms with Gasteiger partial charge in [0.05, 0.1) is 19.3 Å². The molecule has 6 heteroatoms. The third-order valence-electron chi connectivity index (χ3n) is 1.63. The van der Waals surface area contributed by atoms with Crippen molar-refractivity contribution in [1.82, 2.24) is 4.90 Å². The lowest BCUT2D eigenvalue weighted by Crippen LogP contribution is -2.15. The van der Waals surface area contributed by atoms with Crippen molar-refractivity contribution in [1.29, 1.82) is 0 Å². The van der Waals surface area contributed by atoms with Crippen LogP contribution in [0.3, 0.4) is 0 Å². The number of hydrogen-bond donors (Lipinski definition) is 0. The highest BCUT2D eigenvalue weighted by atomic mass is 31.2. The molecule has 0 aromatic heterocycles. The Morgan fingerprint density at radius 1 is 1.25 bits per heavy atom. The van der Waals surface area contributed by atoms with E-state index < -0.39 is 7.82 Å². The molecule has 0 aromatic carbocycles. The average Bonchev–Trinajstić information content (AvgIpc) is 2.11. The summed E-state index contributed by atoms with van der Waals surface area (Å²) in [4.78, 5) is 2.04. The molecule has 0 bridgehead atoms. The van der Waals surface area contributed by atoms with E-state index in [9.17, 15) is 4.57 Å². The van der Waals surface area contributed by atoms with Crippen molar-refractivity contribution < 1.29 is 18.1 Å². The molecule has 0 aliphatic carbocycles. The van der Waals surface area contributed by atoms with E-state index >= 15 is 0 Å². The highest BCUT2D eigenvalue weighted by Gasteiger charge is 2.27. The summed E-state index contributed by atoms with van der Waals surface area (Å²) in [6.07, 6.45) is 0.622. The van der Waals surface area contributed by atoms with E-state index in [1.165, 1.54) is 0 Å². The van der Waals surface area contributed by atoms with Crippen molar-refractivity contribution in [3.63, 3.8) is 0 Å². The van der Waals surface area contributed by atoms with Crippen molar-refractivity contribution in [2.24, 2.45) is 0 Å². The molecule has 0 spiro atoms. The molecule has 5 nitrogen and oxygen atoms in total. The first-order valence-corrected chi connectivity index (χ1v) is 7.08. The van der Waals surface area contributed by atoms with Gasteiger partial charge in [0.15, 0.2) is 0 Å². The van der Waals surface area contributed by atoms with Gasteiger partial charge in [-0.25, -0.2) is 4.57 Å². The van der Waals surface area contributed by atoms with Crippen LogP contribution in [0.1, 0.15) is 27.2 Å². The van der Waals surface area contributed by atoms with Gasteiger partial charge in [-0.05, 0) is 47.8 Å². The monoisotopic (exact) mass is 253 g/mol. The molecule has 1 atom stereocenters. The second-order valence-corrected chi connectivity index (χ2v) is 5.63. The lowest BCUT2D eigenvalue weighted by atomic mass is 10.4. The molecular weight excluding hydrogens is 229 g/mol. The standard InChI is InChI=1S/C10H24NO4P/c1-6-13-16(12,15-10(2)3)14-9-7-8-11(4)5/h10H,6-9H2,1-5H3. The molecule has 0 saturated carbocycles. The van der Waals surface area contributed by atoms with Gasteiger partial charge in [-0.3, -0.25) is 13.6 Å². The van der Waals surface area contributed by atoms with E-state index in [1.54, 1.807) is 20.8 Å². The van der Waals surface area contributed by atoms with Crippen molar-refractivity contribution in [3.8, 4) is 0 Å². The first-order chi connectivity index (χ1) is 7.39. The summed E-state index contributed by atoms with van der Waals surface area (Å²) < 4.78 is 27.4. The summed E-state index contributed by atoms with van der Waals surface area (Å²) >= 11 is 0. The minimum Gasteiger partial charge on any atom is -0.309 e. The van der Waals surface area contributed by atoms with Crippen LogP contribution in [0.15, 0.2) is 0 Å². The van der Waals surface area contributed by atoms with Gasteiger partial charge in [-0.15, -0.1) is 0 Å². The molecule has 0 saturated heterocycles. The minimum atomic E-state index is -3.35. The van der Waals surface area contributed by atoms with Gasteiger partial charge in [-0.1, -0.05) is 0 Å². The third kappa shape index (κ3) is 8.25. The van der Waals surface area contributed by atoms with Gasteiger partial charge >= 0.3 is 7.82 Å². The Morgan fingerprint density at radius 2 is 1.88 bits per heavy atom. The van der Waals surface area contributed by atoms with Gasteiger partial charge in [0.2, 0.25) is 0 Å². The molecule has 0 radical (unpaired) electrons. The van der Waals surface area contributed by atoms with Crippen LogP contribution in [0, 0.1) is 0 Å². The van der Waals surface area contributed by atoms with Gasteiger partial charge in [0.1, 0.15) is 0 Å². The van der Waals surface area contributed by atoms with E-state index in [0.717, 1.165) is 13.0 Å². The number of phosphoric ester groups is 1. The van der Waals surface area contributed by atoms with E-state index in [0.29, 0.717) is 13.2 Å². The second-order valence-electron chi connectivity index (χ2n) is 4.01. The van der Waals surface area contributed by atoms with Gasteiger partial charge in [0.25, 0.3) is 0 Å². The largest absolute Gasteiger partial charge is 0.475 e. The zero-order valence-electron chi connectivity index (χ0n) is 10.9. The fourth-order valence-corrected chi connectivity index (χ4v) is 2.45. The van der Waals surface area contributed by atoms with Crippen molar-refractivity contribution >= 4 is 7.82 Å². The number of hydrogen-bond acceptors (Lipinski definition) is 5. The number of nitrogens with zero attached hydrogens (tertiary/aromatic N) is 1. The van der Waals surface area contributed by atoms with Gasteiger partial charge < -0.3 is 4.90 Å². The first kappa shape index (κ1) is 16.1. The van der Waals surface area contributed by atoms with Crippen LogP contribution in [-0.2, 0) is 18.1 Å². The summed E-state index contributed by atoms with van der Waals surface area (Å²) in [5, 5.41) is 0. The fourth-order valence-electron chi connectivity index (χ4n) is 1.07. The quantitative estimate of drug-likeness (QED) is 0.467. The van der Waals surface area contributed by atoms with Crippen LogP contribution in [0.25, 0.3) is 0 Å². The Kier molecular flexibility index (Phi) is 8.24. The normalized spacial score (nSPS) is 15.7. The molecule has 0 N–H and O–H groups in total. The lowest BCUT2D eigenvalue weighted by molar-refractivity contribution is 0.0919. The maximum atomic E-state index is 12.0. The maximum Gasteiger partial charge on any atom is 0.475 e. The topological polar surface area (TPSA) is 48.0 Å². The zero-order valence-corrected chi connectivity index (χ0v) is 11.8. The Labute approximate surface area is 98.7 Å². The Bertz CT molecular complexity index is 221. The molecular formula is C10H24NO4P. The number of phosphoric acid groups is 1. The van der Waals surface area contributed by atoms with Crippen LogP contribution in [-0.4, -0.2) is 44.9 Å². The molecule has 98 valence electrons. The Balaban J connectivity index is 3.97. The van der Waals surface area contributed by atoms with E-state index in [4.69, 9.17) is 13.6 Å². The summed E-state index contributed by atoms with van der Waals surface area (Å²) in [7, 11) is 0.604. The lowest BCUT2D eigenvalue weighted by Gasteiger charge is -2.19. The maximum absolute atomic E-state index is 12.0. The van der Waals surface area contributed by atoms with E-state index in [2.05, 4.69) is 0 Å². The van der Waals surface area contributed by atoms with Crippen LogP contribution >= 0.6 is 7.82 Å². The van der Waals surface area contributed by atoms with Crippen LogP contribution in [0.4, 0.5) is 0 Å². The SMILES string of the molecule is CCOP(=O)(OCCCN(C)C)OC(C)C. The molecule has 16 heavy (non-hydrogen) atoms. The van der Waals surface area contributed by atoms with Crippen molar-refractivity contribution in [3.05, 3.63) is 0 Å². The Hall–Kier alpha value is 0.0700. The van der Waals surface area contributed by atoms with Crippen LogP contribution < -0.4 is 0 Å². The van der Waals surface area contributed by atoms with Crippen LogP contribution in [0.5, 0.6) is 0 Å². The predicted octanol–water partition coefficient (Wildman–Crippen LogP) is 2.52. The van der Waals surface area contributed by atoms with E-state index in [-0.39, 0.29) is 6.10 Å². The molecule has 0 amide bonds. The summed E-state index contributed by atoms with van der Waals surface area (Å²) in [5.41, 5.74) is 0. The molecule has 0 heterocycles. The minimum absolute atomic E-state index is 0.175. The molecule has 1 unspecified atom stereocenters. The second kappa shape index (κ2) is 8.20. The van der Waals surface area contributed by atoms with Gasteiger partial charge in [-0.2, -0.15) is 0 Å². The first-order valence-electron chi connectivity index (χ1n) is 5.62. The molecule has 0 aromatic rings. The van der Waals surface area contributed by atoms with E-state index in [1.807, 2.05) is 19.0 Å². The molecule has 0 aliphatic rings. The van der Waals surface area contributed by atoms with Gasteiger partial charge in [0, 0.05) is 0 Å². The highest BCUT2D eigenvalue weighted by Crippen LogP contribution is 2.50.